The number of carbonyl (C=O) groups is 3. The molecule has 0 aromatic heterocycles. The summed E-state index contributed by atoms with van der Waals surface area (Å²) in [6.07, 6.45) is 0.358. The van der Waals surface area contributed by atoms with Crippen molar-refractivity contribution in [2.24, 2.45) is 0 Å². The van der Waals surface area contributed by atoms with Gasteiger partial charge in [-0.2, -0.15) is 0 Å². The number of hydrogen-bond donors (Lipinski definition) is 1. The van der Waals surface area contributed by atoms with Crippen LogP contribution < -0.4 is 14.8 Å². The van der Waals surface area contributed by atoms with Crippen molar-refractivity contribution in [2.45, 2.75) is 31.8 Å². The number of likely N-dealkylation sites (N-methyl/N-ethyl adjacent to an activating group) is 1. The summed E-state index contributed by atoms with van der Waals surface area (Å²) in [6, 6.07) is 3.90. The summed E-state index contributed by atoms with van der Waals surface area (Å²) in [5.41, 5.74) is -0.847. The minimum absolute atomic E-state index is 0.0345. The third-order valence-corrected chi connectivity index (χ3v) is 7.75. The van der Waals surface area contributed by atoms with Gasteiger partial charge in [-0.3, -0.25) is 14.5 Å². The number of fused-ring (bicyclic) bond motifs is 1. The van der Waals surface area contributed by atoms with Gasteiger partial charge in [-0.15, -0.1) is 0 Å². The number of amides is 4. The lowest BCUT2D eigenvalue weighted by atomic mass is 9.91. The van der Waals surface area contributed by atoms with Crippen LogP contribution in [0.3, 0.4) is 0 Å². The predicted octanol–water partition coefficient (Wildman–Crippen LogP) is 0.260. The molecule has 168 valence electrons. The molecule has 3 aliphatic heterocycles. The molecule has 1 N–H and O–H groups in total. The Morgan fingerprint density at radius 2 is 1.97 bits per heavy atom. The van der Waals surface area contributed by atoms with Crippen molar-refractivity contribution in [3.63, 3.8) is 0 Å². The molecule has 0 bridgehead atoms. The molecule has 2 fully saturated rings. The number of nitrogens with one attached hydrogen (secondary N) is 1. The molecule has 2 atom stereocenters. The van der Waals surface area contributed by atoms with Gasteiger partial charge in [0.05, 0.1) is 11.5 Å². The second-order valence-corrected chi connectivity index (χ2v) is 10.3. The normalized spacial score (nSPS) is 26.6. The molecular weight excluding hydrogens is 426 g/mol. The summed E-state index contributed by atoms with van der Waals surface area (Å²) in [7, 11) is -3.17. The van der Waals surface area contributed by atoms with Gasteiger partial charge in [-0.1, -0.05) is 6.07 Å². The summed E-state index contributed by atoms with van der Waals surface area (Å²) in [4.78, 5) is 41.0. The van der Waals surface area contributed by atoms with E-state index in [1.165, 1.54) is 4.90 Å². The number of imide groups is 1. The Morgan fingerprint density at radius 1 is 1.26 bits per heavy atom. The minimum atomic E-state index is -3.17. The highest BCUT2D eigenvalue weighted by Crippen LogP contribution is 2.36. The zero-order valence-corrected chi connectivity index (χ0v) is 18.2. The lowest BCUT2D eigenvalue weighted by Crippen LogP contribution is -2.48. The average Bonchev–Trinajstić information content (AvgIpc) is 3.20. The van der Waals surface area contributed by atoms with Gasteiger partial charge in [-0.25, -0.2) is 13.2 Å². The molecule has 10 nitrogen and oxygen atoms in total. The molecule has 11 heteroatoms. The maximum absolute atomic E-state index is 13.2. The average molecular weight is 452 g/mol. The molecule has 0 aliphatic carbocycles. The minimum Gasteiger partial charge on any atom is -0.486 e. The Morgan fingerprint density at radius 3 is 2.61 bits per heavy atom. The standard InChI is InChI=1S/C20H25N3O7S/c1-3-22(14-6-9-31(27,28)12-14)17(24)11-23-18(25)20(2,21-19(23)26)13-4-5-15-16(10-13)30-8-7-29-15/h4-5,10,14H,3,6-9,11-12H2,1-2H3,(H,21,26). The summed E-state index contributed by atoms with van der Waals surface area (Å²) >= 11 is 0. The number of benzene rings is 1. The van der Waals surface area contributed by atoms with Crippen LogP contribution in [0.2, 0.25) is 0 Å². The van der Waals surface area contributed by atoms with E-state index < -0.39 is 45.8 Å². The Balaban J connectivity index is 1.52. The van der Waals surface area contributed by atoms with Gasteiger partial charge in [0.25, 0.3) is 5.91 Å². The largest absolute Gasteiger partial charge is 0.486 e. The summed E-state index contributed by atoms with van der Waals surface area (Å²) in [5.74, 6) is -0.0280. The number of hydrogen-bond acceptors (Lipinski definition) is 7. The Bertz CT molecular complexity index is 1040. The molecule has 31 heavy (non-hydrogen) atoms. The van der Waals surface area contributed by atoms with Gasteiger partial charge >= 0.3 is 6.03 Å². The number of nitrogens with zero attached hydrogens (tertiary/aromatic N) is 2. The maximum atomic E-state index is 13.2. The van der Waals surface area contributed by atoms with Crippen LogP contribution in [0.4, 0.5) is 4.79 Å². The van der Waals surface area contributed by atoms with Crippen molar-refractivity contribution in [1.29, 1.82) is 0 Å². The van der Waals surface area contributed by atoms with E-state index in [9.17, 15) is 22.8 Å². The van der Waals surface area contributed by atoms with Crippen molar-refractivity contribution in [3.05, 3.63) is 23.8 Å². The van der Waals surface area contributed by atoms with Crippen LogP contribution >= 0.6 is 0 Å². The highest BCUT2D eigenvalue weighted by molar-refractivity contribution is 7.91. The van der Waals surface area contributed by atoms with Crippen molar-refractivity contribution in [2.75, 3.05) is 37.8 Å². The molecule has 0 saturated carbocycles. The Labute approximate surface area is 180 Å². The third kappa shape index (κ3) is 3.82. The molecule has 4 rings (SSSR count). The summed E-state index contributed by atoms with van der Waals surface area (Å²) < 4.78 is 34.6. The molecule has 2 unspecified atom stereocenters. The zero-order chi connectivity index (χ0) is 22.4. The Kier molecular flexibility index (Phi) is 5.32. The van der Waals surface area contributed by atoms with E-state index in [1.807, 2.05) is 0 Å². The first kappa shape index (κ1) is 21.4. The topological polar surface area (TPSA) is 122 Å². The van der Waals surface area contributed by atoms with Crippen molar-refractivity contribution in [3.8, 4) is 11.5 Å². The second-order valence-electron chi connectivity index (χ2n) is 8.04. The van der Waals surface area contributed by atoms with E-state index >= 15 is 0 Å². The molecule has 0 radical (unpaired) electrons. The van der Waals surface area contributed by atoms with Crippen LogP contribution in [0.15, 0.2) is 18.2 Å². The summed E-state index contributed by atoms with van der Waals surface area (Å²) in [6.45, 7) is 3.98. The van der Waals surface area contributed by atoms with Crippen molar-refractivity contribution in [1.82, 2.24) is 15.1 Å². The van der Waals surface area contributed by atoms with Gasteiger partial charge in [-0.05, 0) is 38.0 Å². The van der Waals surface area contributed by atoms with Crippen LogP contribution in [0.5, 0.6) is 11.5 Å². The van der Waals surface area contributed by atoms with Gasteiger partial charge in [0.1, 0.15) is 25.3 Å². The van der Waals surface area contributed by atoms with E-state index in [0.717, 1.165) is 4.90 Å². The smallest absolute Gasteiger partial charge is 0.325 e. The summed E-state index contributed by atoms with van der Waals surface area (Å²) in [5, 5.41) is 2.67. The molecule has 3 aliphatic rings. The SMILES string of the molecule is CCN(C(=O)CN1C(=O)NC(C)(c2ccc3c(c2)OCCO3)C1=O)C1CCS(=O)(=O)C1. The van der Waals surface area contributed by atoms with Crippen LogP contribution in [-0.2, 0) is 25.0 Å². The molecule has 1 aromatic carbocycles. The monoisotopic (exact) mass is 451 g/mol. The van der Waals surface area contributed by atoms with E-state index in [-0.39, 0.29) is 11.5 Å². The molecule has 0 spiro atoms. The number of urea groups is 1. The fraction of sp³-hybridized carbons (Fsp3) is 0.550. The number of rotatable bonds is 5. The Hall–Kier alpha value is -2.82. The van der Waals surface area contributed by atoms with Crippen LogP contribution in [0.25, 0.3) is 0 Å². The second kappa shape index (κ2) is 7.70. The molecular formula is C20H25N3O7S. The van der Waals surface area contributed by atoms with Crippen molar-refractivity contribution < 1.29 is 32.3 Å². The van der Waals surface area contributed by atoms with E-state index in [2.05, 4.69) is 5.32 Å². The molecule has 2 saturated heterocycles. The van der Waals surface area contributed by atoms with Crippen LogP contribution in [-0.4, -0.2) is 79.9 Å². The lowest BCUT2D eigenvalue weighted by molar-refractivity contribution is -0.139. The molecule has 3 heterocycles. The fourth-order valence-electron chi connectivity index (χ4n) is 4.28. The zero-order valence-electron chi connectivity index (χ0n) is 17.4. The first-order valence-electron chi connectivity index (χ1n) is 10.2. The van der Waals surface area contributed by atoms with Gasteiger partial charge in [0, 0.05) is 12.6 Å². The van der Waals surface area contributed by atoms with E-state index in [4.69, 9.17) is 9.47 Å². The van der Waals surface area contributed by atoms with Gasteiger partial charge in [0.15, 0.2) is 21.3 Å². The van der Waals surface area contributed by atoms with E-state index in [0.29, 0.717) is 43.2 Å². The first-order valence-corrected chi connectivity index (χ1v) is 12.0. The van der Waals surface area contributed by atoms with Gasteiger partial charge < -0.3 is 19.7 Å². The predicted molar refractivity (Wildman–Crippen MR) is 109 cm³/mol. The van der Waals surface area contributed by atoms with E-state index in [1.54, 1.807) is 32.0 Å². The highest BCUT2D eigenvalue weighted by Gasteiger charge is 2.50. The fourth-order valence-corrected chi connectivity index (χ4v) is 6.01. The highest BCUT2D eigenvalue weighted by atomic mass is 32.2. The van der Waals surface area contributed by atoms with Crippen LogP contribution in [0, 0.1) is 0 Å². The maximum Gasteiger partial charge on any atom is 0.325 e. The third-order valence-electron chi connectivity index (χ3n) is 6.00. The quantitative estimate of drug-likeness (QED) is 0.637. The number of sulfone groups is 1. The van der Waals surface area contributed by atoms with Crippen molar-refractivity contribution >= 4 is 27.7 Å². The first-order chi connectivity index (χ1) is 14.6. The van der Waals surface area contributed by atoms with Crippen LogP contribution in [0.1, 0.15) is 25.8 Å². The number of carbonyl (C=O) groups excluding carboxylic acids is 3. The number of ether oxygens (including phenoxy) is 2. The van der Waals surface area contributed by atoms with Gasteiger partial charge in [0.2, 0.25) is 5.91 Å². The lowest BCUT2D eigenvalue weighted by Gasteiger charge is -2.28. The molecule has 1 aromatic rings. The molecule has 4 amide bonds.